The van der Waals surface area contributed by atoms with E-state index in [0.29, 0.717) is 23.8 Å². The van der Waals surface area contributed by atoms with Gasteiger partial charge in [0.2, 0.25) is 5.88 Å². The number of esters is 1. The fourth-order valence-corrected chi connectivity index (χ4v) is 4.04. The standard InChI is InChI=1S/C24H30N2O4/c1-6-8-17-13-18-20(23(27)26(17)7-2)19(21(22(25)30-18)24(28)29-5)16-11-9-15(10-12-16)14(3)4/h9-14,19H,6-8,25H2,1-5H3. The van der Waals surface area contributed by atoms with Crippen molar-refractivity contribution in [3.63, 3.8) is 0 Å². The molecule has 1 unspecified atom stereocenters. The Morgan fingerprint density at radius 1 is 1.23 bits per heavy atom. The Balaban J connectivity index is 2.29. The zero-order chi connectivity index (χ0) is 22.0. The summed E-state index contributed by atoms with van der Waals surface area (Å²) < 4.78 is 12.5. The molecule has 1 aliphatic rings. The van der Waals surface area contributed by atoms with Crippen LogP contribution in [0.1, 0.15) is 68.3 Å². The number of hydrogen-bond donors (Lipinski definition) is 1. The Hall–Kier alpha value is -3.02. The summed E-state index contributed by atoms with van der Waals surface area (Å²) in [7, 11) is 1.30. The molecule has 0 amide bonds. The van der Waals surface area contributed by atoms with E-state index in [1.807, 2.05) is 37.3 Å². The zero-order valence-corrected chi connectivity index (χ0v) is 18.3. The number of methoxy groups -OCH3 is 1. The van der Waals surface area contributed by atoms with Crippen molar-refractivity contribution >= 4 is 5.97 Å². The van der Waals surface area contributed by atoms with E-state index < -0.39 is 11.9 Å². The number of ether oxygens (including phenoxy) is 2. The summed E-state index contributed by atoms with van der Waals surface area (Å²) in [6.07, 6.45) is 1.65. The van der Waals surface area contributed by atoms with Crippen molar-refractivity contribution in [3.8, 4) is 5.75 Å². The number of carbonyl (C=O) groups excluding carboxylic acids is 1. The van der Waals surface area contributed by atoms with Crippen molar-refractivity contribution in [1.29, 1.82) is 0 Å². The minimum Gasteiger partial charge on any atom is -0.465 e. The summed E-state index contributed by atoms with van der Waals surface area (Å²) in [5.74, 6) is -0.491. The van der Waals surface area contributed by atoms with Crippen LogP contribution in [-0.4, -0.2) is 17.6 Å². The molecular formula is C24H30N2O4. The molecule has 30 heavy (non-hydrogen) atoms. The number of aromatic nitrogens is 1. The van der Waals surface area contributed by atoms with Crippen LogP contribution in [0.15, 0.2) is 46.6 Å². The van der Waals surface area contributed by atoms with Gasteiger partial charge in [0, 0.05) is 18.3 Å². The lowest BCUT2D eigenvalue weighted by Crippen LogP contribution is -2.35. The highest BCUT2D eigenvalue weighted by Crippen LogP contribution is 2.41. The Kier molecular flexibility index (Phi) is 6.34. The number of nitrogens with zero attached hydrogens (tertiary/aromatic N) is 1. The predicted octanol–water partition coefficient (Wildman–Crippen LogP) is 3.81. The Bertz CT molecular complexity index is 1030. The van der Waals surface area contributed by atoms with E-state index >= 15 is 0 Å². The van der Waals surface area contributed by atoms with E-state index in [0.717, 1.165) is 24.1 Å². The van der Waals surface area contributed by atoms with Crippen LogP contribution in [0.25, 0.3) is 0 Å². The van der Waals surface area contributed by atoms with Crippen molar-refractivity contribution < 1.29 is 14.3 Å². The van der Waals surface area contributed by atoms with Gasteiger partial charge in [-0.3, -0.25) is 4.79 Å². The van der Waals surface area contributed by atoms with Crippen LogP contribution in [0.3, 0.4) is 0 Å². The fraction of sp³-hybridized carbons (Fsp3) is 0.417. The molecule has 2 aromatic rings. The third kappa shape index (κ3) is 3.74. The Labute approximate surface area is 177 Å². The molecule has 6 heteroatoms. The van der Waals surface area contributed by atoms with Crippen molar-refractivity contribution in [1.82, 2.24) is 4.57 Å². The number of fused-ring (bicyclic) bond motifs is 1. The molecule has 6 nitrogen and oxygen atoms in total. The highest BCUT2D eigenvalue weighted by molar-refractivity contribution is 5.92. The summed E-state index contributed by atoms with van der Waals surface area (Å²) in [6, 6.07) is 9.80. The molecule has 1 aliphatic heterocycles. The van der Waals surface area contributed by atoms with Gasteiger partial charge in [0.1, 0.15) is 11.3 Å². The molecule has 0 spiro atoms. The van der Waals surface area contributed by atoms with E-state index in [2.05, 4.69) is 20.8 Å². The summed E-state index contributed by atoms with van der Waals surface area (Å²) in [5.41, 5.74) is 9.45. The summed E-state index contributed by atoms with van der Waals surface area (Å²) in [6.45, 7) is 8.77. The van der Waals surface area contributed by atoms with E-state index in [-0.39, 0.29) is 17.0 Å². The van der Waals surface area contributed by atoms with Crippen LogP contribution in [0.5, 0.6) is 5.75 Å². The average molecular weight is 411 g/mol. The molecule has 0 aliphatic carbocycles. The molecule has 0 bridgehead atoms. The van der Waals surface area contributed by atoms with E-state index in [1.165, 1.54) is 12.7 Å². The number of benzene rings is 1. The lowest BCUT2D eigenvalue weighted by molar-refractivity contribution is -0.136. The average Bonchev–Trinajstić information content (AvgIpc) is 2.72. The molecule has 1 aromatic heterocycles. The first-order valence-electron chi connectivity index (χ1n) is 10.5. The van der Waals surface area contributed by atoms with Crippen LogP contribution in [0.2, 0.25) is 0 Å². The normalized spacial score (nSPS) is 15.7. The molecule has 1 atom stereocenters. The van der Waals surface area contributed by atoms with Gasteiger partial charge in [0.25, 0.3) is 5.56 Å². The summed E-state index contributed by atoms with van der Waals surface area (Å²) in [5, 5.41) is 0. The molecule has 0 fully saturated rings. The van der Waals surface area contributed by atoms with Crippen molar-refractivity contribution in [3.05, 3.63) is 74.5 Å². The fourth-order valence-electron chi connectivity index (χ4n) is 4.04. The topological polar surface area (TPSA) is 83.5 Å². The maximum absolute atomic E-state index is 13.5. The van der Waals surface area contributed by atoms with Crippen molar-refractivity contribution in [2.24, 2.45) is 5.73 Å². The van der Waals surface area contributed by atoms with Gasteiger partial charge in [-0.15, -0.1) is 0 Å². The highest BCUT2D eigenvalue weighted by Gasteiger charge is 2.38. The minimum absolute atomic E-state index is 0.0246. The first-order chi connectivity index (χ1) is 14.3. The third-order valence-electron chi connectivity index (χ3n) is 5.61. The van der Waals surface area contributed by atoms with E-state index in [4.69, 9.17) is 15.2 Å². The molecule has 3 rings (SSSR count). The predicted molar refractivity (Wildman–Crippen MR) is 117 cm³/mol. The second-order valence-corrected chi connectivity index (χ2v) is 7.84. The second kappa shape index (κ2) is 8.78. The van der Waals surface area contributed by atoms with Crippen LogP contribution in [0, 0.1) is 0 Å². The molecule has 0 saturated heterocycles. The molecule has 160 valence electrons. The number of aryl methyl sites for hydroxylation is 1. The highest BCUT2D eigenvalue weighted by atomic mass is 16.5. The number of carbonyl (C=O) groups is 1. The molecule has 0 radical (unpaired) electrons. The maximum atomic E-state index is 13.5. The van der Waals surface area contributed by atoms with Crippen molar-refractivity contribution in [2.75, 3.05) is 7.11 Å². The second-order valence-electron chi connectivity index (χ2n) is 7.84. The molecule has 1 aromatic carbocycles. The summed E-state index contributed by atoms with van der Waals surface area (Å²) in [4.78, 5) is 26.2. The minimum atomic E-state index is -0.650. The monoisotopic (exact) mass is 410 g/mol. The van der Waals surface area contributed by atoms with Gasteiger partial charge in [-0.1, -0.05) is 51.5 Å². The Morgan fingerprint density at radius 3 is 2.43 bits per heavy atom. The molecular weight excluding hydrogens is 380 g/mol. The zero-order valence-electron chi connectivity index (χ0n) is 18.3. The number of hydrogen-bond acceptors (Lipinski definition) is 5. The molecule has 2 N–H and O–H groups in total. The smallest absolute Gasteiger partial charge is 0.340 e. The third-order valence-corrected chi connectivity index (χ3v) is 5.61. The van der Waals surface area contributed by atoms with Crippen LogP contribution >= 0.6 is 0 Å². The molecule has 2 heterocycles. The van der Waals surface area contributed by atoms with Crippen molar-refractivity contribution in [2.45, 2.75) is 58.9 Å². The quantitative estimate of drug-likeness (QED) is 0.732. The first kappa shape index (κ1) is 21.7. The summed E-state index contributed by atoms with van der Waals surface area (Å²) >= 11 is 0. The van der Waals surface area contributed by atoms with Gasteiger partial charge in [0.15, 0.2) is 0 Å². The van der Waals surface area contributed by atoms with Gasteiger partial charge < -0.3 is 19.8 Å². The SMILES string of the molecule is CCCc1cc2c(c(=O)n1CC)C(c1ccc(C(C)C)cc1)C(C(=O)OC)=C(N)O2. The lowest BCUT2D eigenvalue weighted by atomic mass is 9.82. The maximum Gasteiger partial charge on any atom is 0.340 e. The van der Waals surface area contributed by atoms with Gasteiger partial charge in [-0.05, 0) is 30.4 Å². The van der Waals surface area contributed by atoms with E-state index in [9.17, 15) is 9.59 Å². The van der Waals surface area contributed by atoms with Gasteiger partial charge in [-0.2, -0.15) is 0 Å². The number of rotatable bonds is 6. The van der Waals surface area contributed by atoms with Gasteiger partial charge in [-0.25, -0.2) is 4.79 Å². The number of nitrogens with two attached hydrogens (primary N) is 1. The van der Waals surface area contributed by atoms with Gasteiger partial charge in [0.05, 0.1) is 18.6 Å². The van der Waals surface area contributed by atoms with Crippen LogP contribution in [0.4, 0.5) is 0 Å². The van der Waals surface area contributed by atoms with Crippen LogP contribution < -0.4 is 16.0 Å². The number of pyridine rings is 1. The molecule has 0 saturated carbocycles. The first-order valence-corrected chi connectivity index (χ1v) is 10.5. The largest absolute Gasteiger partial charge is 0.465 e. The lowest BCUT2D eigenvalue weighted by Gasteiger charge is -2.29. The Morgan fingerprint density at radius 2 is 1.90 bits per heavy atom. The van der Waals surface area contributed by atoms with Crippen LogP contribution in [-0.2, 0) is 22.5 Å². The van der Waals surface area contributed by atoms with Gasteiger partial charge >= 0.3 is 5.97 Å². The van der Waals surface area contributed by atoms with E-state index in [1.54, 1.807) is 4.57 Å².